The van der Waals surface area contributed by atoms with Gasteiger partial charge in [0.1, 0.15) is 12.4 Å². The van der Waals surface area contributed by atoms with Gasteiger partial charge < -0.3 is 14.7 Å². The molecule has 2 aromatic carbocycles. The van der Waals surface area contributed by atoms with Gasteiger partial charge in [0.2, 0.25) is 5.91 Å². The zero-order valence-corrected chi connectivity index (χ0v) is 16.2. The molecule has 0 aromatic heterocycles. The van der Waals surface area contributed by atoms with Gasteiger partial charge >= 0.3 is 0 Å². The number of amides is 2. The van der Waals surface area contributed by atoms with E-state index in [0.717, 1.165) is 53.8 Å². The van der Waals surface area contributed by atoms with Gasteiger partial charge in [-0.15, -0.1) is 0 Å². The van der Waals surface area contributed by atoms with Crippen molar-refractivity contribution >= 4 is 28.6 Å². The van der Waals surface area contributed by atoms with Crippen molar-refractivity contribution in [3.05, 3.63) is 59.2 Å². The predicted octanol–water partition coefficient (Wildman–Crippen LogP) is 2.51. The zero-order chi connectivity index (χ0) is 19.5. The first-order valence-electron chi connectivity index (χ1n) is 9.34. The smallest absolute Gasteiger partial charge is 0.286 e. The van der Waals surface area contributed by atoms with Crippen LogP contribution in [0.15, 0.2) is 42.5 Å². The Morgan fingerprint density at radius 1 is 1.18 bits per heavy atom. The number of aliphatic hydroxyl groups excluding tert-OH is 1. The number of rotatable bonds is 7. The third-order valence-corrected chi connectivity index (χ3v) is 6.06. The second kappa shape index (κ2) is 8.24. The SMILES string of the molecule is O=C1NC(=O)C(Cc2ccc(OCCN3CCc4cccc(CO)c43)cc2)S1. The van der Waals surface area contributed by atoms with Crippen LogP contribution in [0.2, 0.25) is 0 Å². The second-order valence-electron chi connectivity index (χ2n) is 6.90. The highest BCUT2D eigenvalue weighted by Gasteiger charge is 2.31. The van der Waals surface area contributed by atoms with E-state index in [-0.39, 0.29) is 23.0 Å². The van der Waals surface area contributed by atoms with Gasteiger partial charge in [0.25, 0.3) is 5.24 Å². The minimum absolute atomic E-state index is 0.0465. The summed E-state index contributed by atoms with van der Waals surface area (Å²) >= 11 is 1.04. The van der Waals surface area contributed by atoms with E-state index in [4.69, 9.17) is 4.74 Å². The molecule has 146 valence electrons. The van der Waals surface area contributed by atoms with Crippen LogP contribution in [0.4, 0.5) is 10.5 Å². The maximum Gasteiger partial charge on any atom is 0.286 e. The number of nitrogens with one attached hydrogen (secondary N) is 1. The van der Waals surface area contributed by atoms with Crippen LogP contribution in [-0.2, 0) is 24.2 Å². The van der Waals surface area contributed by atoms with Gasteiger partial charge in [0.15, 0.2) is 0 Å². The Morgan fingerprint density at radius 3 is 2.71 bits per heavy atom. The largest absolute Gasteiger partial charge is 0.492 e. The summed E-state index contributed by atoms with van der Waals surface area (Å²) in [6.07, 6.45) is 1.52. The quantitative estimate of drug-likeness (QED) is 0.746. The van der Waals surface area contributed by atoms with Crippen LogP contribution < -0.4 is 15.0 Å². The van der Waals surface area contributed by atoms with E-state index < -0.39 is 0 Å². The zero-order valence-electron chi connectivity index (χ0n) is 15.4. The third-order valence-electron chi connectivity index (χ3n) is 5.08. The van der Waals surface area contributed by atoms with Crippen LogP contribution in [0.5, 0.6) is 5.75 Å². The number of benzene rings is 2. The summed E-state index contributed by atoms with van der Waals surface area (Å²) < 4.78 is 5.88. The number of nitrogens with zero attached hydrogens (tertiary/aromatic N) is 1. The van der Waals surface area contributed by atoms with Crippen molar-refractivity contribution in [2.24, 2.45) is 0 Å². The van der Waals surface area contributed by atoms with Gasteiger partial charge in [-0.05, 0) is 36.1 Å². The molecule has 2 aliphatic heterocycles. The maximum absolute atomic E-state index is 11.7. The molecule has 0 radical (unpaired) electrons. The first-order valence-corrected chi connectivity index (χ1v) is 10.2. The number of para-hydroxylation sites is 1. The highest BCUT2D eigenvalue weighted by Crippen LogP contribution is 2.31. The molecular weight excluding hydrogens is 376 g/mol. The average Bonchev–Trinajstić information content (AvgIpc) is 3.25. The molecule has 2 aromatic rings. The van der Waals surface area contributed by atoms with Gasteiger partial charge in [-0.2, -0.15) is 0 Å². The lowest BCUT2D eigenvalue weighted by Crippen LogP contribution is -2.27. The van der Waals surface area contributed by atoms with E-state index in [1.807, 2.05) is 36.4 Å². The lowest BCUT2D eigenvalue weighted by atomic mass is 10.1. The van der Waals surface area contributed by atoms with E-state index >= 15 is 0 Å². The average molecular weight is 398 g/mol. The van der Waals surface area contributed by atoms with Crippen molar-refractivity contribution in [2.45, 2.75) is 24.7 Å². The molecule has 2 N–H and O–H groups in total. The minimum Gasteiger partial charge on any atom is -0.492 e. The van der Waals surface area contributed by atoms with Crippen LogP contribution in [0.25, 0.3) is 0 Å². The Labute approximate surface area is 167 Å². The fourth-order valence-electron chi connectivity index (χ4n) is 3.71. The van der Waals surface area contributed by atoms with Crippen molar-refractivity contribution in [3.8, 4) is 5.75 Å². The fraction of sp³-hybridized carbons (Fsp3) is 0.333. The third kappa shape index (κ3) is 4.00. The number of ether oxygens (including phenoxy) is 1. The number of imide groups is 1. The van der Waals surface area contributed by atoms with E-state index in [2.05, 4.69) is 16.3 Å². The normalized spacial score (nSPS) is 18.3. The highest BCUT2D eigenvalue weighted by atomic mass is 32.2. The van der Waals surface area contributed by atoms with Crippen LogP contribution in [0.1, 0.15) is 16.7 Å². The van der Waals surface area contributed by atoms with Gasteiger partial charge in [-0.1, -0.05) is 42.1 Å². The van der Waals surface area contributed by atoms with Crippen molar-refractivity contribution in [2.75, 3.05) is 24.6 Å². The minimum atomic E-state index is -0.352. The van der Waals surface area contributed by atoms with Crippen molar-refractivity contribution < 1.29 is 19.4 Å². The number of hydrogen-bond acceptors (Lipinski definition) is 6. The molecule has 1 unspecified atom stereocenters. The van der Waals surface area contributed by atoms with Crippen molar-refractivity contribution in [1.29, 1.82) is 0 Å². The summed E-state index contributed by atoms with van der Waals surface area (Å²) in [6.45, 7) is 2.29. The van der Waals surface area contributed by atoms with E-state index in [9.17, 15) is 14.7 Å². The number of aliphatic hydroxyl groups is 1. The summed E-state index contributed by atoms with van der Waals surface area (Å²) in [5.74, 6) is 0.557. The molecule has 2 aliphatic rings. The summed E-state index contributed by atoms with van der Waals surface area (Å²) in [4.78, 5) is 25.2. The van der Waals surface area contributed by atoms with Gasteiger partial charge in [-0.25, -0.2) is 0 Å². The summed E-state index contributed by atoms with van der Waals surface area (Å²) in [5.41, 5.74) is 4.39. The lowest BCUT2D eigenvalue weighted by molar-refractivity contribution is -0.118. The lowest BCUT2D eigenvalue weighted by Gasteiger charge is -2.22. The first kappa shape index (κ1) is 18.8. The predicted molar refractivity (Wildman–Crippen MR) is 109 cm³/mol. The molecule has 0 bridgehead atoms. The number of hydrogen-bond donors (Lipinski definition) is 2. The molecule has 1 saturated heterocycles. The number of carbonyl (C=O) groups is 2. The van der Waals surface area contributed by atoms with E-state index in [1.54, 1.807) is 0 Å². The molecular formula is C21H22N2O4S. The topological polar surface area (TPSA) is 78.9 Å². The molecule has 28 heavy (non-hydrogen) atoms. The number of fused-ring (bicyclic) bond motifs is 1. The molecule has 1 fully saturated rings. The molecule has 1 atom stereocenters. The molecule has 6 nitrogen and oxygen atoms in total. The van der Waals surface area contributed by atoms with Gasteiger partial charge in [0, 0.05) is 17.8 Å². The summed E-state index contributed by atoms with van der Waals surface area (Å²) in [6, 6.07) is 13.7. The monoisotopic (exact) mass is 398 g/mol. The van der Waals surface area contributed by atoms with Crippen LogP contribution in [0.3, 0.4) is 0 Å². The molecule has 4 rings (SSSR count). The van der Waals surface area contributed by atoms with E-state index in [1.165, 1.54) is 5.56 Å². The Bertz CT molecular complexity index is 884. The molecule has 7 heteroatoms. The van der Waals surface area contributed by atoms with Crippen LogP contribution >= 0.6 is 11.8 Å². The first-order chi connectivity index (χ1) is 13.6. The van der Waals surface area contributed by atoms with Crippen molar-refractivity contribution in [3.63, 3.8) is 0 Å². The maximum atomic E-state index is 11.7. The molecule has 2 amide bonds. The fourth-order valence-corrected chi connectivity index (χ4v) is 4.57. The van der Waals surface area contributed by atoms with Gasteiger partial charge in [-0.3, -0.25) is 14.9 Å². The van der Waals surface area contributed by atoms with Crippen LogP contribution in [-0.4, -0.2) is 41.2 Å². The van der Waals surface area contributed by atoms with Crippen LogP contribution in [0, 0.1) is 0 Å². The second-order valence-corrected chi connectivity index (χ2v) is 8.08. The Balaban J connectivity index is 1.30. The Hall–Kier alpha value is -2.51. The molecule has 0 aliphatic carbocycles. The Kier molecular flexibility index (Phi) is 5.54. The number of anilines is 1. The van der Waals surface area contributed by atoms with Crippen molar-refractivity contribution in [1.82, 2.24) is 5.32 Å². The molecule has 0 spiro atoms. The molecule has 0 saturated carbocycles. The highest BCUT2D eigenvalue weighted by molar-refractivity contribution is 8.15. The Morgan fingerprint density at radius 2 is 2.00 bits per heavy atom. The van der Waals surface area contributed by atoms with Gasteiger partial charge in [0.05, 0.1) is 18.4 Å². The van der Waals surface area contributed by atoms with E-state index in [0.29, 0.717) is 13.0 Å². The summed E-state index contributed by atoms with van der Waals surface area (Å²) in [7, 11) is 0. The standard InChI is InChI=1S/C21H22N2O4S/c24-13-16-3-1-2-15-8-9-23(19(15)16)10-11-27-17-6-4-14(5-7-17)12-18-20(25)22-21(26)28-18/h1-7,18,24H,8-13H2,(H,22,25,26). The number of thioether (sulfide) groups is 1. The number of carbonyl (C=O) groups excluding carboxylic acids is 2. The molecule has 2 heterocycles. The summed E-state index contributed by atoms with van der Waals surface area (Å²) in [5, 5.41) is 11.3.